The van der Waals surface area contributed by atoms with Crippen molar-refractivity contribution in [3.63, 3.8) is 0 Å². The quantitative estimate of drug-likeness (QED) is 0.599. The van der Waals surface area contributed by atoms with E-state index in [9.17, 15) is 20.1 Å². The van der Waals surface area contributed by atoms with E-state index < -0.39 is 18.3 Å². The van der Waals surface area contributed by atoms with Crippen LogP contribution in [0.3, 0.4) is 0 Å². The molecule has 0 radical (unpaired) electrons. The van der Waals surface area contributed by atoms with Gasteiger partial charge in [0.25, 0.3) is 0 Å². The number of aldehydes is 1. The Morgan fingerprint density at radius 2 is 1.73 bits per heavy atom. The average molecular weight is 210 g/mol. The van der Waals surface area contributed by atoms with Crippen LogP contribution in [0.15, 0.2) is 30.3 Å². The van der Waals surface area contributed by atoms with Gasteiger partial charge in [0.15, 0.2) is 0 Å². The molecule has 0 saturated heterocycles. The molecule has 0 aliphatic rings. The van der Waals surface area contributed by atoms with E-state index in [1.165, 1.54) is 0 Å². The van der Waals surface area contributed by atoms with E-state index in [-0.39, 0.29) is 6.42 Å². The molecule has 0 spiro atoms. The Morgan fingerprint density at radius 3 is 2.27 bits per heavy atom. The summed E-state index contributed by atoms with van der Waals surface area (Å²) < 4.78 is 0. The molecule has 0 heterocycles. The Hall–Kier alpha value is -1.23. The summed E-state index contributed by atoms with van der Waals surface area (Å²) in [6.07, 6.45) is -3.45. The van der Waals surface area contributed by atoms with Gasteiger partial charge in [-0.15, -0.1) is 0 Å². The molecular formula is C11H14O4. The average Bonchev–Trinajstić information content (AvgIpc) is 2.28. The lowest BCUT2D eigenvalue weighted by atomic mass is 9.99. The molecule has 15 heavy (non-hydrogen) atoms. The highest BCUT2D eigenvalue weighted by molar-refractivity contribution is 5.50. The number of carbonyl (C=O) groups is 1. The van der Waals surface area contributed by atoms with Crippen LogP contribution in [-0.2, 0) is 4.79 Å². The van der Waals surface area contributed by atoms with Crippen LogP contribution < -0.4 is 0 Å². The lowest BCUT2D eigenvalue weighted by Gasteiger charge is -2.21. The molecule has 0 saturated carbocycles. The maximum absolute atomic E-state index is 10.1. The second kappa shape index (κ2) is 5.60. The molecule has 3 N–H and O–H groups in total. The van der Waals surface area contributed by atoms with Crippen LogP contribution in [-0.4, -0.2) is 33.8 Å². The Kier molecular flexibility index (Phi) is 4.42. The van der Waals surface area contributed by atoms with E-state index in [0.717, 1.165) is 0 Å². The van der Waals surface area contributed by atoms with Gasteiger partial charge >= 0.3 is 0 Å². The van der Waals surface area contributed by atoms with Gasteiger partial charge in [-0.25, -0.2) is 0 Å². The first-order valence-electron chi connectivity index (χ1n) is 4.69. The van der Waals surface area contributed by atoms with Gasteiger partial charge in [0.1, 0.15) is 18.5 Å². The largest absolute Gasteiger partial charge is 0.390 e. The van der Waals surface area contributed by atoms with Crippen LogP contribution in [0.4, 0.5) is 0 Å². The van der Waals surface area contributed by atoms with Crippen LogP contribution in [0.2, 0.25) is 0 Å². The first-order valence-corrected chi connectivity index (χ1v) is 4.69. The maximum Gasteiger partial charge on any atom is 0.122 e. The molecule has 0 amide bonds. The lowest BCUT2D eigenvalue weighted by molar-refractivity contribution is -0.114. The smallest absolute Gasteiger partial charge is 0.122 e. The summed E-state index contributed by atoms with van der Waals surface area (Å²) in [4.78, 5) is 10.1. The van der Waals surface area contributed by atoms with Gasteiger partial charge in [-0.2, -0.15) is 0 Å². The van der Waals surface area contributed by atoms with E-state index in [2.05, 4.69) is 0 Å². The van der Waals surface area contributed by atoms with Crippen molar-refractivity contribution in [2.75, 3.05) is 0 Å². The third-order valence-electron chi connectivity index (χ3n) is 2.20. The van der Waals surface area contributed by atoms with Crippen LogP contribution in [0, 0.1) is 0 Å². The van der Waals surface area contributed by atoms with E-state index in [0.29, 0.717) is 11.8 Å². The zero-order chi connectivity index (χ0) is 11.3. The zero-order valence-electron chi connectivity index (χ0n) is 8.15. The predicted octanol–water partition coefficient (Wildman–Crippen LogP) is 0.0308. The van der Waals surface area contributed by atoms with Crippen molar-refractivity contribution in [1.82, 2.24) is 0 Å². The number of rotatable bonds is 5. The summed E-state index contributed by atoms with van der Waals surface area (Å²) in [7, 11) is 0. The Balaban J connectivity index is 2.68. The van der Waals surface area contributed by atoms with Crippen molar-refractivity contribution in [1.29, 1.82) is 0 Å². The van der Waals surface area contributed by atoms with Crippen molar-refractivity contribution in [2.45, 2.75) is 24.7 Å². The van der Waals surface area contributed by atoms with Gasteiger partial charge in [-0.3, -0.25) is 0 Å². The van der Waals surface area contributed by atoms with E-state index >= 15 is 0 Å². The summed E-state index contributed by atoms with van der Waals surface area (Å²) in [5.74, 6) is 0. The molecule has 4 heteroatoms. The molecule has 0 fully saturated rings. The summed E-state index contributed by atoms with van der Waals surface area (Å²) in [5, 5.41) is 28.5. The first-order chi connectivity index (χ1) is 7.16. The highest BCUT2D eigenvalue weighted by Crippen LogP contribution is 2.19. The fourth-order valence-corrected chi connectivity index (χ4v) is 1.30. The molecule has 0 aromatic heterocycles. The summed E-state index contributed by atoms with van der Waals surface area (Å²) in [5.41, 5.74) is 0.509. The van der Waals surface area contributed by atoms with Crippen molar-refractivity contribution in [3.05, 3.63) is 35.9 Å². The lowest BCUT2D eigenvalue weighted by Crippen LogP contribution is -2.32. The third-order valence-corrected chi connectivity index (χ3v) is 2.20. The predicted molar refractivity (Wildman–Crippen MR) is 54.1 cm³/mol. The standard InChI is InChI=1S/C11H14O4/c12-7-6-9(13)11(15)10(14)8-4-2-1-3-5-8/h1-5,7,9-11,13-15H,6H2/t9-,10?,11-/m0/s1. The second-order valence-corrected chi connectivity index (χ2v) is 3.32. The SMILES string of the molecule is O=CC[C@H](O)[C@H](O)C(O)c1ccccc1. The van der Waals surface area contributed by atoms with Gasteiger partial charge < -0.3 is 20.1 Å². The second-order valence-electron chi connectivity index (χ2n) is 3.32. The number of aliphatic hydroxyl groups excluding tert-OH is 3. The van der Waals surface area contributed by atoms with Crippen molar-refractivity contribution >= 4 is 6.29 Å². The van der Waals surface area contributed by atoms with Gasteiger partial charge in [-0.05, 0) is 5.56 Å². The van der Waals surface area contributed by atoms with Crippen LogP contribution >= 0.6 is 0 Å². The Bertz CT molecular complexity index is 299. The molecule has 1 aromatic rings. The minimum Gasteiger partial charge on any atom is -0.390 e. The Morgan fingerprint density at radius 1 is 1.13 bits per heavy atom. The minimum atomic E-state index is -1.35. The number of aliphatic hydroxyl groups is 3. The molecule has 0 aliphatic carbocycles. The molecule has 4 nitrogen and oxygen atoms in total. The normalized spacial score (nSPS) is 16.7. The van der Waals surface area contributed by atoms with Crippen LogP contribution in [0.25, 0.3) is 0 Å². The summed E-state index contributed by atoms with van der Waals surface area (Å²) in [6, 6.07) is 8.50. The first kappa shape index (κ1) is 11.8. The van der Waals surface area contributed by atoms with E-state index in [1.807, 2.05) is 0 Å². The molecule has 0 aliphatic heterocycles. The molecule has 3 atom stereocenters. The summed E-state index contributed by atoms with van der Waals surface area (Å²) in [6.45, 7) is 0. The Labute approximate surface area is 87.8 Å². The molecule has 0 bridgehead atoms. The zero-order valence-corrected chi connectivity index (χ0v) is 8.15. The molecule has 1 unspecified atom stereocenters. The van der Waals surface area contributed by atoms with Gasteiger partial charge in [0, 0.05) is 6.42 Å². The fourth-order valence-electron chi connectivity index (χ4n) is 1.30. The minimum absolute atomic E-state index is 0.189. The molecule has 1 aromatic carbocycles. The van der Waals surface area contributed by atoms with Crippen molar-refractivity contribution < 1.29 is 20.1 Å². The molecular weight excluding hydrogens is 196 g/mol. The third kappa shape index (κ3) is 3.13. The highest BCUT2D eigenvalue weighted by Gasteiger charge is 2.25. The fraction of sp³-hybridized carbons (Fsp3) is 0.364. The summed E-state index contributed by atoms with van der Waals surface area (Å²) >= 11 is 0. The van der Waals surface area contributed by atoms with Gasteiger partial charge in [-0.1, -0.05) is 30.3 Å². The highest BCUT2D eigenvalue weighted by atomic mass is 16.4. The molecule has 82 valence electrons. The van der Waals surface area contributed by atoms with Crippen molar-refractivity contribution in [3.8, 4) is 0 Å². The monoisotopic (exact) mass is 210 g/mol. The number of hydrogen-bond acceptors (Lipinski definition) is 4. The number of carbonyl (C=O) groups excluding carboxylic acids is 1. The van der Waals surface area contributed by atoms with E-state index in [4.69, 9.17) is 0 Å². The van der Waals surface area contributed by atoms with Gasteiger partial charge in [0.2, 0.25) is 0 Å². The van der Waals surface area contributed by atoms with Crippen LogP contribution in [0.5, 0.6) is 0 Å². The van der Waals surface area contributed by atoms with Gasteiger partial charge in [0.05, 0.1) is 6.10 Å². The topological polar surface area (TPSA) is 77.8 Å². The molecule has 1 rings (SSSR count). The van der Waals surface area contributed by atoms with Crippen molar-refractivity contribution in [2.24, 2.45) is 0 Å². The van der Waals surface area contributed by atoms with E-state index in [1.54, 1.807) is 30.3 Å². The van der Waals surface area contributed by atoms with Crippen LogP contribution in [0.1, 0.15) is 18.1 Å². The number of hydrogen-bond donors (Lipinski definition) is 3. The number of benzene rings is 1. The maximum atomic E-state index is 10.1.